The summed E-state index contributed by atoms with van der Waals surface area (Å²) in [6.45, 7) is 0. The molecule has 1 fully saturated rings. The van der Waals surface area contributed by atoms with Gasteiger partial charge in [0.1, 0.15) is 5.82 Å². The largest absolute Gasteiger partial charge is 0.290 e. The van der Waals surface area contributed by atoms with E-state index in [1.54, 1.807) is 12.1 Å². The third kappa shape index (κ3) is 2.17. The van der Waals surface area contributed by atoms with Crippen LogP contribution >= 0.6 is 27.7 Å². The van der Waals surface area contributed by atoms with E-state index in [2.05, 4.69) is 21.2 Å². The number of carbonyl (C=O) groups is 2. The number of thioether (sulfide) groups is 1. The molecule has 2 amide bonds. The molecule has 2 rings (SSSR count). The van der Waals surface area contributed by atoms with Crippen molar-refractivity contribution in [1.82, 2.24) is 5.32 Å². The number of rotatable bonds is 1. The van der Waals surface area contributed by atoms with Gasteiger partial charge in [0.05, 0.1) is 4.91 Å². The Morgan fingerprint density at radius 3 is 2.69 bits per heavy atom. The normalized spacial score (nSPS) is 18.0. The van der Waals surface area contributed by atoms with Gasteiger partial charge >= 0.3 is 0 Å². The van der Waals surface area contributed by atoms with Gasteiger partial charge in [-0.1, -0.05) is 22.0 Å². The van der Waals surface area contributed by atoms with Gasteiger partial charge in [0, 0.05) is 10.0 Å². The molecule has 0 radical (unpaired) electrons. The van der Waals surface area contributed by atoms with Crippen LogP contribution in [0.5, 0.6) is 0 Å². The van der Waals surface area contributed by atoms with Gasteiger partial charge in [0.2, 0.25) is 0 Å². The average Bonchev–Trinajstić information content (AvgIpc) is 2.51. The molecule has 3 nitrogen and oxygen atoms in total. The molecule has 6 heteroatoms. The molecule has 0 saturated carbocycles. The van der Waals surface area contributed by atoms with Crippen LogP contribution < -0.4 is 5.32 Å². The molecule has 1 aliphatic heterocycles. The zero-order valence-electron chi connectivity index (χ0n) is 7.79. The van der Waals surface area contributed by atoms with Crippen LogP contribution in [0.25, 0.3) is 6.08 Å². The Hall–Kier alpha value is -1.14. The van der Waals surface area contributed by atoms with Gasteiger partial charge in [-0.2, -0.15) is 0 Å². The van der Waals surface area contributed by atoms with Gasteiger partial charge in [-0.05, 0) is 30.0 Å². The zero-order valence-corrected chi connectivity index (χ0v) is 10.2. The number of imide groups is 1. The van der Waals surface area contributed by atoms with Crippen molar-refractivity contribution in [2.24, 2.45) is 0 Å². The molecule has 1 aromatic rings. The molecule has 1 aliphatic rings. The van der Waals surface area contributed by atoms with E-state index >= 15 is 0 Å². The highest BCUT2D eigenvalue weighted by molar-refractivity contribution is 9.10. The van der Waals surface area contributed by atoms with Gasteiger partial charge in [-0.15, -0.1) is 0 Å². The molecular formula is C10H5BrFNO2S. The first-order chi connectivity index (χ1) is 7.58. The number of amides is 2. The molecule has 0 unspecified atom stereocenters. The maximum atomic E-state index is 13.4. The van der Waals surface area contributed by atoms with E-state index in [9.17, 15) is 14.0 Å². The summed E-state index contributed by atoms with van der Waals surface area (Å²) < 4.78 is 14.0. The Labute approximate surface area is 103 Å². The minimum Gasteiger partial charge on any atom is -0.282 e. The lowest BCUT2D eigenvalue weighted by molar-refractivity contribution is -0.115. The van der Waals surface area contributed by atoms with Crippen LogP contribution in [0, 0.1) is 5.82 Å². The summed E-state index contributed by atoms with van der Waals surface area (Å²) in [4.78, 5) is 22.4. The molecule has 1 N–H and O–H groups in total. The number of nitrogens with one attached hydrogen (secondary N) is 1. The maximum absolute atomic E-state index is 13.4. The molecule has 0 aliphatic carbocycles. The lowest BCUT2D eigenvalue weighted by Gasteiger charge is -2.00. The van der Waals surface area contributed by atoms with E-state index in [-0.39, 0.29) is 10.5 Å². The second kappa shape index (κ2) is 4.39. The first-order valence-corrected chi connectivity index (χ1v) is 5.88. The minimum absolute atomic E-state index is 0.191. The van der Waals surface area contributed by atoms with Gasteiger partial charge in [-0.25, -0.2) is 4.39 Å². The fourth-order valence-corrected chi connectivity index (χ4v) is 2.32. The summed E-state index contributed by atoms with van der Waals surface area (Å²) in [5.41, 5.74) is 0.259. The van der Waals surface area contributed by atoms with Gasteiger partial charge < -0.3 is 0 Å². The highest BCUT2D eigenvalue weighted by Crippen LogP contribution is 2.29. The van der Waals surface area contributed by atoms with Crippen LogP contribution in [-0.4, -0.2) is 11.1 Å². The number of benzene rings is 1. The van der Waals surface area contributed by atoms with Crippen molar-refractivity contribution in [2.75, 3.05) is 0 Å². The Morgan fingerprint density at radius 1 is 1.38 bits per heavy atom. The topological polar surface area (TPSA) is 46.2 Å². The molecule has 1 aromatic carbocycles. The molecule has 0 aromatic heterocycles. The van der Waals surface area contributed by atoms with Crippen LogP contribution in [0.15, 0.2) is 27.6 Å². The fraction of sp³-hybridized carbons (Fsp3) is 0. The summed E-state index contributed by atoms with van der Waals surface area (Å²) in [5.74, 6) is -0.945. The first-order valence-electron chi connectivity index (χ1n) is 4.27. The minimum atomic E-state index is -0.495. The van der Waals surface area contributed by atoms with E-state index in [1.807, 2.05) is 0 Å². The van der Waals surface area contributed by atoms with E-state index in [1.165, 1.54) is 12.1 Å². The Bertz CT molecular complexity index is 495. The molecule has 16 heavy (non-hydrogen) atoms. The lowest BCUT2D eigenvalue weighted by atomic mass is 10.2. The Balaban J connectivity index is 2.44. The smallest absolute Gasteiger partial charge is 0.282 e. The standard InChI is InChI=1S/C10H5BrFNO2S/c11-6-2-1-3-7(12)5(6)4-8-9(14)13-10(15)16-8/h1-4H,(H,13,14,15)/b8-4-. The van der Waals surface area contributed by atoms with E-state index in [0.717, 1.165) is 11.8 Å². The second-order valence-electron chi connectivity index (χ2n) is 2.99. The third-order valence-corrected chi connectivity index (χ3v) is 3.42. The van der Waals surface area contributed by atoms with Crippen molar-refractivity contribution < 1.29 is 14.0 Å². The Morgan fingerprint density at radius 2 is 2.12 bits per heavy atom. The summed E-state index contributed by atoms with van der Waals surface area (Å²) in [5, 5.41) is 1.66. The summed E-state index contributed by atoms with van der Waals surface area (Å²) in [7, 11) is 0. The highest BCUT2D eigenvalue weighted by atomic mass is 79.9. The number of hydrogen-bond donors (Lipinski definition) is 1. The maximum Gasteiger partial charge on any atom is 0.290 e. The van der Waals surface area contributed by atoms with Crippen molar-refractivity contribution in [3.05, 3.63) is 39.0 Å². The van der Waals surface area contributed by atoms with Gasteiger partial charge in [0.15, 0.2) is 0 Å². The van der Waals surface area contributed by atoms with Crippen LogP contribution in [0.1, 0.15) is 5.56 Å². The second-order valence-corrected chi connectivity index (χ2v) is 4.86. The Kier molecular flexibility index (Phi) is 3.11. The summed E-state index contributed by atoms with van der Waals surface area (Å²) in [6.07, 6.45) is 1.35. The first kappa shape index (κ1) is 11.3. The van der Waals surface area contributed by atoms with Gasteiger partial charge in [0.25, 0.3) is 11.1 Å². The van der Waals surface area contributed by atoms with Crippen molar-refractivity contribution >= 4 is 44.9 Å². The SMILES string of the molecule is O=C1NC(=O)/C(=C/c2c(F)cccc2Br)S1. The van der Waals surface area contributed by atoms with Crippen LogP contribution in [0.3, 0.4) is 0 Å². The average molecular weight is 302 g/mol. The van der Waals surface area contributed by atoms with Crippen molar-refractivity contribution in [3.8, 4) is 0 Å². The van der Waals surface area contributed by atoms with Crippen LogP contribution in [-0.2, 0) is 4.79 Å². The molecule has 82 valence electrons. The summed E-state index contributed by atoms with van der Waals surface area (Å²) in [6, 6.07) is 4.50. The summed E-state index contributed by atoms with van der Waals surface area (Å²) >= 11 is 3.94. The number of carbonyl (C=O) groups excluding carboxylic acids is 2. The van der Waals surface area contributed by atoms with E-state index in [4.69, 9.17) is 0 Å². The fourth-order valence-electron chi connectivity index (χ4n) is 1.20. The molecular weight excluding hydrogens is 297 g/mol. The quantitative estimate of drug-likeness (QED) is 0.811. The monoisotopic (exact) mass is 301 g/mol. The highest BCUT2D eigenvalue weighted by Gasteiger charge is 2.25. The van der Waals surface area contributed by atoms with Crippen molar-refractivity contribution in [1.29, 1.82) is 0 Å². The molecule has 0 bridgehead atoms. The zero-order chi connectivity index (χ0) is 11.7. The lowest BCUT2D eigenvalue weighted by Crippen LogP contribution is -2.17. The van der Waals surface area contributed by atoms with E-state index in [0.29, 0.717) is 4.47 Å². The molecule has 0 atom stereocenters. The van der Waals surface area contributed by atoms with Gasteiger partial charge in [-0.3, -0.25) is 14.9 Å². The van der Waals surface area contributed by atoms with E-state index < -0.39 is 17.0 Å². The number of halogens is 2. The van der Waals surface area contributed by atoms with Crippen LogP contribution in [0.4, 0.5) is 9.18 Å². The molecule has 1 heterocycles. The van der Waals surface area contributed by atoms with Crippen LogP contribution in [0.2, 0.25) is 0 Å². The third-order valence-electron chi connectivity index (χ3n) is 1.92. The number of hydrogen-bond acceptors (Lipinski definition) is 3. The predicted octanol–water partition coefficient (Wildman–Crippen LogP) is 2.91. The van der Waals surface area contributed by atoms with Crippen molar-refractivity contribution in [2.45, 2.75) is 0 Å². The molecule has 0 spiro atoms. The predicted molar refractivity (Wildman–Crippen MR) is 63.2 cm³/mol. The van der Waals surface area contributed by atoms with Crippen molar-refractivity contribution in [3.63, 3.8) is 0 Å². The molecule has 1 saturated heterocycles.